The Morgan fingerprint density at radius 2 is 1.97 bits per heavy atom. The van der Waals surface area contributed by atoms with E-state index in [-0.39, 0.29) is 12.7 Å². The highest BCUT2D eigenvalue weighted by Crippen LogP contribution is 2.32. The highest BCUT2D eigenvalue weighted by Gasteiger charge is 2.14. The fourth-order valence-electron chi connectivity index (χ4n) is 3.20. The molecule has 2 N–H and O–H groups in total. The minimum absolute atomic E-state index is 0.247. The van der Waals surface area contributed by atoms with Gasteiger partial charge >= 0.3 is 0 Å². The Hall–Kier alpha value is -3.61. The highest BCUT2D eigenvalue weighted by atomic mass is 16.7. The molecule has 0 saturated carbocycles. The van der Waals surface area contributed by atoms with Crippen molar-refractivity contribution in [2.75, 3.05) is 17.4 Å². The predicted molar refractivity (Wildman–Crippen MR) is 110 cm³/mol. The number of anilines is 2. The number of aromatic nitrogens is 2. The number of ether oxygens (including phenoxy) is 2. The summed E-state index contributed by atoms with van der Waals surface area (Å²) in [5.41, 5.74) is 4.28. The molecule has 0 bridgehead atoms. The third kappa shape index (κ3) is 4.13. The fourth-order valence-corrected chi connectivity index (χ4v) is 3.20. The Morgan fingerprint density at radius 3 is 2.83 bits per heavy atom. The molecular formula is C22H22N4O3. The van der Waals surface area contributed by atoms with E-state index in [4.69, 9.17) is 9.47 Å². The second-order valence-corrected chi connectivity index (χ2v) is 6.75. The van der Waals surface area contributed by atoms with Gasteiger partial charge in [-0.05, 0) is 42.2 Å². The van der Waals surface area contributed by atoms with Gasteiger partial charge in [0.2, 0.25) is 6.79 Å². The van der Waals surface area contributed by atoms with Crippen LogP contribution in [-0.4, -0.2) is 22.7 Å². The molecule has 0 atom stereocenters. The van der Waals surface area contributed by atoms with Gasteiger partial charge in [0.1, 0.15) is 17.8 Å². The number of nitrogens with zero attached hydrogens (tertiary/aromatic N) is 2. The summed E-state index contributed by atoms with van der Waals surface area (Å²) in [4.78, 5) is 21.1. The molecule has 29 heavy (non-hydrogen) atoms. The molecule has 0 radical (unpaired) electrons. The van der Waals surface area contributed by atoms with Gasteiger partial charge in [-0.25, -0.2) is 9.97 Å². The van der Waals surface area contributed by atoms with Crippen molar-refractivity contribution in [1.29, 1.82) is 0 Å². The van der Waals surface area contributed by atoms with Crippen LogP contribution in [0.15, 0.2) is 48.8 Å². The molecule has 0 saturated heterocycles. The first-order valence-electron chi connectivity index (χ1n) is 9.48. The van der Waals surface area contributed by atoms with E-state index in [1.165, 1.54) is 6.33 Å². The summed E-state index contributed by atoms with van der Waals surface area (Å²) in [5.74, 6) is 1.79. The second-order valence-electron chi connectivity index (χ2n) is 6.75. The van der Waals surface area contributed by atoms with E-state index in [9.17, 15) is 4.79 Å². The Morgan fingerprint density at radius 1 is 1.10 bits per heavy atom. The van der Waals surface area contributed by atoms with E-state index >= 15 is 0 Å². The molecule has 7 heteroatoms. The number of para-hydroxylation sites is 1. The van der Waals surface area contributed by atoms with Crippen molar-refractivity contribution < 1.29 is 14.3 Å². The van der Waals surface area contributed by atoms with Crippen molar-refractivity contribution in [3.63, 3.8) is 0 Å². The first-order valence-corrected chi connectivity index (χ1v) is 9.48. The summed E-state index contributed by atoms with van der Waals surface area (Å²) in [5, 5.41) is 6.21. The summed E-state index contributed by atoms with van der Waals surface area (Å²) in [6.07, 6.45) is 2.22. The third-order valence-electron chi connectivity index (χ3n) is 4.79. The van der Waals surface area contributed by atoms with Crippen LogP contribution in [0.5, 0.6) is 11.5 Å². The lowest BCUT2D eigenvalue weighted by Gasteiger charge is -2.13. The van der Waals surface area contributed by atoms with Gasteiger partial charge in [-0.3, -0.25) is 4.79 Å². The van der Waals surface area contributed by atoms with Crippen molar-refractivity contribution in [3.05, 3.63) is 71.2 Å². The topological polar surface area (TPSA) is 85.4 Å². The van der Waals surface area contributed by atoms with E-state index in [1.54, 1.807) is 6.07 Å². The molecule has 0 aliphatic carbocycles. The maximum absolute atomic E-state index is 12.7. The van der Waals surface area contributed by atoms with Crippen molar-refractivity contribution in [2.24, 2.45) is 0 Å². The Labute approximate surface area is 169 Å². The number of nitrogens with one attached hydrogen (secondary N) is 2. The summed E-state index contributed by atoms with van der Waals surface area (Å²) in [6, 6.07) is 13.4. The third-order valence-corrected chi connectivity index (χ3v) is 4.79. The van der Waals surface area contributed by atoms with Gasteiger partial charge in [0.15, 0.2) is 11.5 Å². The molecule has 0 unspecified atom stereocenters. The number of carbonyl (C=O) groups excluding carboxylic acids is 1. The van der Waals surface area contributed by atoms with Gasteiger partial charge < -0.3 is 20.1 Å². The maximum atomic E-state index is 12.7. The molecule has 1 aliphatic rings. The maximum Gasteiger partial charge on any atom is 0.274 e. The molecular weight excluding hydrogens is 368 g/mol. The Kier molecular flexibility index (Phi) is 5.29. The zero-order chi connectivity index (χ0) is 20.2. The van der Waals surface area contributed by atoms with Crippen LogP contribution in [0.4, 0.5) is 11.5 Å². The van der Waals surface area contributed by atoms with Gasteiger partial charge in [-0.1, -0.05) is 31.2 Å². The van der Waals surface area contributed by atoms with E-state index < -0.39 is 0 Å². The second kappa shape index (κ2) is 8.18. The van der Waals surface area contributed by atoms with E-state index in [0.717, 1.165) is 40.3 Å². The van der Waals surface area contributed by atoms with Gasteiger partial charge in [0.25, 0.3) is 5.91 Å². The number of hydrogen-bond acceptors (Lipinski definition) is 6. The largest absolute Gasteiger partial charge is 0.454 e. The standard InChI is InChI=1S/C22H22N4O3/c1-3-16-6-4-5-14(2)21(16)26-22(27)17-10-20(25-12-24-17)23-11-15-7-8-18-19(9-15)29-13-28-18/h4-10,12H,3,11,13H2,1-2H3,(H,26,27)(H,23,24,25). The van der Waals surface area contributed by atoms with Crippen LogP contribution in [0.25, 0.3) is 0 Å². The molecule has 3 aromatic rings. The zero-order valence-electron chi connectivity index (χ0n) is 16.4. The molecule has 2 heterocycles. The molecule has 2 aromatic carbocycles. The number of rotatable bonds is 6. The van der Waals surface area contributed by atoms with Crippen molar-refractivity contribution >= 4 is 17.4 Å². The van der Waals surface area contributed by atoms with Crippen molar-refractivity contribution in [2.45, 2.75) is 26.8 Å². The number of carbonyl (C=O) groups is 1. The summed E-state index contributed by atoms with van der Waals surface area (Å²) in [7, 11) is 0. The normalized spacial score (nSPS) is 11.9. The van der Waals surface area contributed by atoms with Gasteiger partial charge in [0.05, 0.1) is 0 Å². The molecule has 4 rings (SSSR count). The van der Waals surface area contributed by atoms with E-state index in [0.29, 0.717) is 18.1 Å². The van der Waals surface area contributed by atoms with E-state index in [2.05, 4.69) is 27.5 Å². The molecule has 148 valence electrons. The molecule has 7 nitrogen and oxygen atoms in total. The molecule has 1 amide bonds. The number of aryl methyl sites for hydroxylation is 2. The zero-order valence-corrected chi connectivity index (χ0v) is 16.4. The minimum Gasteiger partial charge on any atom is -0.454 e. The van der Waals surface area contributed by atoms with Crippen molar-refractivity contribution in [3.8, 4) is 11.5 Å². The first-order chi connectivity index (χ1) is 14.1. The molecule has 1 aromatic heterocycles. The van der Waals surface area contributed by atoms with Gasteiger partial charge in [-0.15, -0.1) is 0 Å². The predicted octanol–water partition coefficient (Wildman–Crippen LogP) is 3.94. The lowest BCUT2D eigenvalue weighted by Crippen LogP contribution is -2.16. The Balaban J connectivity index is 1.45. The van der Waals surface area contributed by atoms with Gasteiger partial charge in [-0.2, -0.15) is 0 Å². The van der Waals surface area contributed by atoms with Crippen LogP contribution in [-0.2, 0) is 13.0 Å². The average molecular weight is 390 g/mol. The van der Waals surface area contributed by atoms with Crippen LogP contribution in [0.2, 0.25) is 0 Å². The van der Waals surface area contributed by atoms with Crippen LogP contribution < -0.4 is 20.1 Å². The SMILES string of the molecule is CCc1cccc(C)c1NC(=O)c1cc(NCc2ccc3c(c2)OCO3)ncn1. The number of fused-ring (bicyclic) bond motifs is 1. The molecule has 0 fully saturated rings. The minimum atomic E-state index is -0.262. The van der Waals surface area contributed by atoms with Crippen LogP contribution >= 0.6 is 0 Å². The van der Waals surface area contributed by atoms with Crippen LogP contribution in [0, 0.1) is 6.92 Å². The molecule has 1 aliphatic heterocycles. The fraction of sp³-hybridized carbons (Fsp3) is 0.227. The molecule has 0 spiro atoms. The quantitative estimate of drug-likeness (QED) is 0.663. The summed E-state index contributed by atoms with van der Waals surface area (Å²) in [6.45, 7) is 4.82. The van der Waals surface area contributed by atoms with Crippen LogP contribution in [0.1, 0.15) is 34.1 Å². The first kappa shape index (κ1) is 18.7. The lowest BCUT2D eigenvalue weighted by molar-refractivity contribution is 0.102. The number of amides is 1. The lowest BCUT2D eigenvalue weighted by atomic mass is 10.1. The average Bonchev–Trinajstić information content (AvgIpc) is 3.21. The van der Waals surface area contributed by atoms with Crippen molar-refractivity contribution in [1.82, 2.24) is 9.97 Å². The van der Waals surface area contributed by atoms with Gasteiger partial charge in [0, 0.05) is 18.3 Å². The highest BCUT2D eigenvalue weighted by molar-refractivity contribution is 6.04. The smallest absolute Gasteiger partial charge is 0.274 e. The van der Waals surface area contributed by atoms with E-state index in [1.807, 2.05) is 43.3 Å². The summed E-state index contributed by atoms with van der Waals surface area (Å²) < 4.78 is 10.7. The van der Waals surface area contributed by atoms with Crippen LogP contribution in [0.3, 0.4) is 0 Å². The Bertz CT molecular complexity index is 1050. The monoisotopic (exact) mass is 390 g/mol. The summed E-state index contributed by atoms with van der Waals surface area (Å²) >= 11 is 0. The number of benzene rings is 2. The number of hydrogen-bond donors (Lipinski definition) is 2.